The lowest BCUT2D eigenvalue weighted by Gasteiger charge is -2.28. The highest BCUT2D eigenvalue weighted by atomic mass is 35.5. The van der Waals surface area contributed by atoms with Crippen LogP contribution in [0.1, 0.15) is 6.42 Å². The number of benzene rings is 1. The summed E-state index contributed by atoms with van der Waals surface area (Å²) < 4.78 is 27.1. The van der Waals surface area contributed by atoms with Crippen molar-refractivity contribution < 1.29 is 8.42 Å². The fourth-order valence-electron chi connectivity index (χ4n) is 1.50. The molecular formula is C9H11ClN2O2S. The lowest BCUT2D eigenvalue weighted by molar-refractivity contribution is 0.560. The Balaban J connectivity index is 2.33. The van der Waals surface area contributed by atoms with E-state index in [2.05, 4.69) is 4.72 Å². The molecule has 1 aliphatic heterocycles. The van der Waals surface area contributed by atoms with Gasteiger partial charge in [0.2, 0.25) is 0 Å². The molecule has 0 amide bonds. The first kappa shape index (κ1) is 10.7. The van der Waals surface area contributed by atoms with Gasteiger partial charge in [0.25, 0.3) is 0 Å². The molecule has 0 aliphatic carbocycles. The van der Waals surface area contributed by atoms with E-state index in [1.807, 2.05) is 0 Å². The summed E-state index contributed by atoms with van der Waals surface area (Å²) in [6.45, 7) is 1.02. The highest BCUT2D eigenvalue weighted by molar-refractivity contribution is 7.90. The monoisotopic (exact) mass is 246 g/mol. The van der Waals surface area contributed by atoms with E-state index in [4.69, 9.17) is 11.6 Å². The number of anilines is 1. The van der Waals surface area contributed by atoms with E-state index in [-0.39, 0.29) is 0 Å². The van der Waals surface area contributed by atoms with Crippen LogP contribution >= 0.6 is 11.6 Å². The maximum absolute atomic E-state index is 11.6. The smallest absolute Gasteiger partial charge is 0.258 e. The summed E-state index contributed by atoms with van der Waals surface area (Å²) in [7, 11) is -3.35. The molecule has 1 N–H and O–H groups in total. The first-order chi connectivity index (χ1) is 7.09. The molecule has 1 fully saturated rings. The number of hydrogen-bond donors (Lipinski definition) is 1. The van der Waals surface area contributed by atoms with Crippen molar-refractivity contribution in [3.05, 3.63) is 29.3 Å². The van der Waals surface area contributed by atoms with Crippen LogP contribution in [0.5, 0.6) is 0 Å². The lowest BCUT2D eigenvalue weighted by atomic mass is 10.3. The van der Waals surface area contributed by atoms with E-state index >= 15 is 0 Å². The van der Waals surface area contributed by atoms with Gasteiger partial charge in [-0.25, -0.2) is 0 Å². The molecule has 1 aliphatic rings. The Morgan fingerprint density at radius 2 is 1.93 bits per heavy atom. The van der Waals surface area contributed by atoms with Crippen molar-refractivity contribution in [1.29, 1.82) is 0 Å². The number of nitrogens with zero attached hydrogens (tertiary/aromatic N) is 1. The van der Waals surface area contributed by atoms with Crippen LogP contribution in [0.2, 0.25) is 5.02 Å². The zero-order valence-electron chi connectivity index (χ0n) is 7.98. The number of nitrogens with one attached hydrogen (secondary N) is 1. The fraction of sp³-hybridized carbons (Fsp3) is 0.333. The SMILES string of the molecule is O=S1(=O)NCCCN1c1ccc(Cl)cc1. The van der Waals surface area contributed by atoms with E-state index in [1.54, 1.807) is 24.3 Å². The minimum absolute atomic E-state index is 0.506. The Labute approximate surface area is 94.0 Å². The Bertz CT molecular complexity index is 444. The first-order valence-electron chi connectivity index (χ1n) is 4.62. The summed E-state index contributed by atoms with van der Waals surface area (Å²) in [6.07, 6.45) is 0.807. The molecule has 0 unspecified atom stereocenters. The van der Waals surface area contributed by atoms with Crippen LogP contribution < -0.4 is 9.03 Å². The van der Waals surface area contributed by atoms with Gasteiger partial charge in [-0.1, -0.05) is 11.6 Å². The molecule has 0 aromatic heterocycles. The summed E-state index contributed by atoms with van der Waals surface area (Å²) in [5, 5.41) is 0.598. The number of rotatable bonds is 1. The molecule has 2 rings (SSSR count). The van der Waals surface area contributed by atoms with Gasteiger partial charge >= 0.3 is 10.2 Å². The van der Waals surface area contributed by atoms with E-state index in [0.717, 1.165) is 6.42 Å². The molecule has 15 heavy (non-hydrogen) atoms. The van der Waals surface area contributed by atoms with Gasteiger partial charge in [-0.15, -0.1) is 0 Å². The predicted molar refractivity (Wildman–Crippen MR) is 60.3 cm³/mol. The largest absolute Gasteiger partial charge is 0.301 e. The quantitative estimate of drug-likeness (QED) is 0.814. The molecule has 1 saturated heterocycles. The van der Waals surface area contributed by atoms with Crippen LogP contribution in [0.4, 0.5) is 5.69 Å². The number of hydrogen-bond acceptors (Lipinski definition) is 2. The zero-order chi connectivity index (χ0) is 10.9. The van der Waals surface area contributed by atoms with Crippen molar-refractivity contribution in [2.24, 2.45) is 0 Å². The summed E-state index contributed by atoms with van der Waals surface area (Å²) in [5.74, 6) is 0. The first-order valence-corrected chi connectivity index (χ1v) is 6.44. The molecular weight excluding hydrogens is 236 g/mol. The molecule has 1 aromatic carbocycles. The van der Waals surface area contributed by atoms with Gasteiger partial charge in [-0.2, -0.15) is 13.1 Å². The molecule has 4 nitrogen and oxygen atoms in total. The average Bonchev–Trinajstić information content (AvgIpc) is 2.19. The lowest BCUT2D eigenvalue weighted by Crippen LogP contribution is -2.47. The Morgan fingerprint density at radius 3 is 2.53 bits per heavy atom. The molecule has 0 saturated carbocycles. The second-order valence-electron chi connectivity index (χ2n) is 3.30. The molecule has 0 atom stereocenters. The molecule has 0 spiro atoms. The summed E-state index contributed by atoms with van der Waals surface area (Å²) in [4.78, 5) is 0. The van der Waals surface area contributed by atoms with Crippen molar-refractivity contribution in [2.75, 3.05) is 17.4 Å². The molecule has 0 bridgehead atoms. The molecule has 1 aromatic rings. The van der Waals surface area contributed by atoms with Crippen LogP contribution in [-0.4, -0.2) is 21.5 Å². The van der Waals surface area contributed by atoms with Crippen LogP contribution in [0.3, 0.4) is 0 Å². The van der Waals surface area contributed by atoms with Crippen molar-refractivity contribution >= 4 is 27.5 Å². The maximum atomic E-state index is 11.6. The molecule has 82 valence electrons. The molecule has 0 radical (unpaired) electrons. The highest BCUT2D eigenvalue weighted by Gasteiger charge is 2.25. The van der Waals surface area contributed by atoms with Crippen molar-refractivity contribution in [3.63, 3.8) is 0 Å². The Hall–Kier alpha value is -0.780. The standard InChI is InChI=1S/C9H11ClN2O2S/c10-8-2-4-9(5-3-8)12-7-1-6-11-15(12,13)14/h2-5,11H,1,6-7H2. The maximum Gasteiger partial charge on any atom is 0.301 e. The van der Waals surface area contributed by atoms with Gasteiger partial charge in [0.1, 0.15) is 0 Å². The van der Waals surface area contributed by atoms with Crippen LogP contribution in [-0.2, 0) is 10.2 Å². The summed E-state index contributed by atoms with van der Waals surface area (Å²) in [5.41, 5.74) is 0.645. The van der Waals surface area contributed by atoms with Crippen molar-refractivity contribution in [1.82, 2.24) is 4.72 Å². The second kappa shape index (κ2) is 4.00. The van der Waals surface area contributed by atoms with Gasteiger partial charge in [-0.05, 0) is 30.7 Å². The third-order valence-electron chi connectivity index (χ3n) is 2.23. The summed E-state index contributed by atoms with van der Waals surface area (Å²) >= 11 is 5.74. The van der Waals surface area contributed by atoms with Crippen molar-refractivity contribution in [3.8, 4) is 0 Å². The Morgan fingerprint density at radius 1 is 1.27 bits per heavy atom. The number of halogens is 1. The minimum atomic E-state index is -3.35. The third kappa shape index (κ3) is 2.25. The van der Waals surface area contributed by atoms with Gasteiger partial charge in [0, 0.05) is 18.1 Å². The van der Waals surface area contributed by atoms with Gasteiger partial charge in [0.15, 0.2) is 0 Å². The Kier molecular flexibility index (Phi) is 2.86. The second-order valence-corrected chi connectivity index (χ2v) is 5.42. The van der Waals surface area contributed by atoms with Crippen molar-refractivity contribution in [2.45, 2.75) is 6.42 Å². The molecule has 1 heterocycles. The van der Waals surface area contributed by atoms with Crippen LogP contribution in [0.15, 0.2) is 24.3 Å². The minimum Gasteiger partial charge on any atom is -0.258 e. The van der Waals surface area contributed by atoms with Crippen LogP contribution in [0.25, 0.3) is 0 Å². The predicted octanol–water partition coefficient (Wildman–Crippen LogP) is 1.38. The average molecular weight is 247 g/mol. The summed E-state index contributed by atoms with van der Waals surface area (Å²) in [6, 6.07) is 6.77. The van der Waals surface area contributed by atoms with Crippen LogP contribution in [0, 0.1) is 0 Å². The third-order valence-corrected chi connectivity index (χ3v) is 4.02. The van der Waals surface area contributed by atoms with E-state index in [0.29, 0.717) is 23.8 Å². The zero-order valence-corrected chi connectivity index (χ0v) is 9.55. The normalized spacial score (nSPS) is 20.2. The van der Waals surface area contributed by atoms with Gasteiger partial charge in [0.05, 0.1) is 5.69 Å². The van der Waals surface area contributed by atoms with E-state index < -0.39 is 10.2 Å². The molecule has 6 heteroatoms. The van der Waals surface area contributed by atoms with Gasteiger partial charge in [-0.3, -0.25) is 4.31 Å². The van der Waals surface area contributed by atoms with E-state index in [9.17, 15) is 8.42 Å². The van der Waals surface area contributed by atoms with E-state index in [1.165, 1.54) is 4.31 Å². The van der Waals surface area contributed by atoms with Gasteiger partial charge < -0.3 is 0 Å². The fourth-order valence-corrected chi connectivity index (χ4v) is 2.95. The topological polar surface area (TPSA) is 49.4 Å². The highest BCUT2D eigenvalue weighted by Crippen LogP contribution is 2.21.